The van der Waals surface area contributed by atoms with E-state index in [1.54, 1.807) is 11.8 Å². The number of carboxylic acid groups (broad SMARTS) is 1. The summed E-state index contributed by atoms with van der Waals surface area (Å²) >= 11 is 0. The minimum atomic E-state index is -0.865. The van der Waals surface area contributed by atoms with E-state index < -0.39 is 5.97 Å². The summed E-state index contributed by atoms with van der Waals surface area (Å²) in [5.41, 5.74) is 0. The fraction of sp³-hybridized carbons (Fsp3) is 0.833. The molecule has 1 saturated heterocycles. The number of carboxylic acids is 1. The average molecular weight is 257 g/mol. The first kappa shape index (κ1) is 14.9. The SMILES string of the molecule is CCN(C(=O)CN1CCNCC1)C(C)CC(=O)O. The Morgan fingerprint density at radius 1 is 1.39 bits per heavy atom. The fourth-order valence-electron chi connectivity index (χ4n) is 2.25. The molecule has 6 heteroatoms. The van der Waals surface area contributed by atoms with E-state index in [1.165, 1.54) is 0 Å². The molecule has 0 aromatic carbocycles. The Labute approximate surface area is 108 Å². The molecule has 0 radical (unpaired) electrons. The number of carbonyl (C=O) groups is 2. The third-order valence-corrected chi connectivity index (χ3v) is 3.23. The second kappa shape index (κ2) is 7.33. The molecule has 1 rings (SSSR count). The van der Waals surface area contributed by atoms with Gasteiger partial charge in [-0.2, -0.15) is 0 Å². The second-order valence-electron chi connectivity index (χ2n) is 4.65. The number of hydrogen-bond acceptors (Lipinski definition) is 4. The predicted octanol–water partition coefficient (Wildman–Crippen LogP) is -0.397. The quantitative estimate of drug-likeness (QED) is 0.677. The van der Waals surface area contributed by atoms with E-state index in [0.29, 0.717) is 13.1 Å². The standard InChI is InChI=1S/C12H23N3O3/c1-3-15(10(2)8-12(17)18)11(16)9-14-6-4-13-5-7-14/h10,13H,3-9H2,1-2H3,(H,17,18). The van der Waals surface area contributed by atoms with Crippen molar-refractivity contribution in [3.05, 3.63) is 0 Å². The van der Waals surface area contributed by atoms with E-state index in [-0.39, 0.29) is 18.4 Å². The molecule has 104 valence electrons. The number of nitrogens with one attached hydrogen (secondary N) is 1. The van der Waals surface area contributed by atoms with Crippen LogP contribution >= 0.6 is 0 Å². The van der Waals surface area contributed by atoms with Gasteiger partial charge in [0.2, 0.25) is 5.91 Å². The maximum Gasteiger partial charge on any atom is 0.305 e. The number of aliphatic carboxylic acids is 1. The number of amides is 1. The van der Waals surface area contributed by atoms with Crippen molar-refractivity contribution in [2.24, 2.45) is 0 Å². The van der Waals surface area contributed by atoms with Crippen molar-refractivity contribution in [3.63, 3.8) is 0 Å². The number of likely N-dealkylation sites (N-methyl/N-ethyl adjacent to an activating group) is 1. The van der Waals surface area contributed by atoms with Crippen molar-refractivity contribution in [2.75, 3.05) is 39.3 Å². The van der Waals surface area contributed by atoms with E-state index >= 15 is 0 Å². The van der Waals surface area contributed by atoms with Crippen LogP contribution in [0.25, 0.3) is 0 Å². The van der Waals surface area contributed by atoms with Gasteiger partial charge < -0.3 is 15.3 Å². The van der Waals surface area contributed by atoms with Crippen LogP contribution in [0.15, 0.2) is 0 Å². The molecule has 1 heterocycles. The molecule has 1 atom stereocenters. The van der Waals surface area contributed by atoms with Gasteiger partial charge in [-0.25, -0.2) is 0 Å². The van der Waals surface area contributed by atoms with Gasteiger partial charge in [-0.05, 0) is 13.8 Å². The lowest BCUT2D eigenvalue weighted by atomic mass is 10.2. The van der Waals surface area contributed by atoms with Crippen LogP contribution in [0.2, 0.25) is 0 Å². The lowest BCUT2D eigenvalue weighted by Crippen LogP contribution is -2.50. The zero-order valence-corrected chi connectivity index (χ0v) is 11.2. The van der Waals surface area contributed by atoms with Gasteiger partial charge in [-0.1, -0.05) is 0 Å². The molecule has 6 nitrogen and oxygen atoms in total. The van der Waals surface area contributed by atoms with Gasteiger partial charge in [0, 0.05) is 38.8 Å². The summed E-state index contributed by atoms with van der Waals surface area (Å²) in [5, 5.41) is 12.0. The van der Waals surface area contributed by atoms with Crippen LogP contribution in [-0.4, -0.2) is 72.1 Å². The van der Waals surface area contributed by atoms with Crippen molar-refractivity contribution in [1.29, 1.82) is 0 Å². The second-order valence-corrected chi connectivity index (χ2v) is 4.65. The molecular weight excluding hydrogens is 234 g/mol. The Morgan fingerprint density at radius 3 is 2.50 bits per heavy atom. The smallest absolute Gasteiger partial charge is 0.305 e. The van der Waals surface area contributed by atoms with Crippen molar-refractivity contribution in [3.8, 4) is 0 Å². The van der Waals surface area contributed by atoms with Gasteiger partial charge in [0.25, 0.3) is 0 Å². The van der Waals surface area contributed by atoms with Crippen LogP contribution < -0.4 is 5.32 Å². The van der Waals surface area contributed by atoms with Gasteiger partial charge in [-0.3, -0.25) is 14.5 Å². The van der Waals surface area contributed by atoms with Crippen LogP contribution in [0.4, 0.5) is 0 Å². The number of nitrogens with zero attached hydrogens (tertiary/aromatic N) is 2. The average Bonchev–Trinajstić information content (AvgIpc) is 2.30. The minimum Gasteiger partial charge on any atom is -0.481 e. The maximum atomic E-state index is 12.1. The summed E-state index contributed by atoms with van der Waals surface area (Å²) in [6.45, 7) is 8.17. The summed E-state index contributed by atoms with van der Waals surface area (Å²) in [5.74, 6) is -0.843. The molecular formula is C12H23N3O3. The first-order chi connectivity index (χ1) is 8.54. The molecule has 1 aliphatic rings. The largest absolute Gasteiger partial charge is 0.481 e. The molecule has 0 aromatic rings. The molecule has 0 spiro atoms. The molecule has 0 saturated carbocycles. The number of piperazine rings is 1. The third kappa shape index (κ3) is 4.62. The predicted molar refractivity (Wildman–Crippen MR) is 68.4 cm³/mol. The maximum absolute atomic E-state index is 12.1. The van der Waals surface area contributed by atoms with Gasteiger partial charge >= 0.3 is 5.97 Å². The van der Waals surface area contributed by atoms with Crippen molar-refractivity contribution in [1.82, 2.24) is 15.1 Å². The van der Waals surface area contributed by atoms with Gasteiger partial charge in [0.15, 0.2) is 0 Å². The highest BCUT2D eigenvalue weighted by Gasteiger charge is 2.23. The lowest BCUT2D eigenvalue weighted by molar-refractivity contribution is -0.140. The van der Waals surface area contributed by atoms with Gasteiger partial charge in [0.05, 0.1) is 13.0 Å². The number of carbonyl (C=O) groups excluding carboxylic acids is 1. The van der Waals surface area contributed by atoms with Gasteiger partial charge in [0.1, 0.15) is 0 Å². The first-order valence-corrected chi connectivity index (χ1v) is 6.49. The summed E-state index contributed by atoms with van der Waals surface area (Å²) in [6.07, 6.45) is 0.00113. The Kier molecular flexibility index (Phi) is 6.07. The van der Waals surface area contributed by atoms with Crippen molar-refractivity contribution >= 4 is 11.9 Å². The normalized spacial score (nSPS) is 18.3. The highest BCUT2D eigenvalue weighted by Crippen LogP contribution is 2.06. The van der Waals surface area contributed by atoms with E-state index in [1.807, 2.05) is 6.92 Å². The van der Waals surface area contributed by atoms with E-state index in [9.17, 15) is 9.59 Å². The molecule has 0 bridgehead atoms. The van der Waals surface area contributed by atoms with E-state index in [2.05, 4.69) is 10.2 Å². The summed E-state index contributed by atoms with van der Waals surface area (Å²) in [6, 6.07) is -0.247. The molecule has 18 heavy (non-hydrogen) atoms. The van der Waals surface area contributed by atoms with E-state index in [4.69, 9.17) is 5.11 Å². The monoisotopic (exact) mass is 257 g/mol. The molecule has 1 amide bonds. The number of rotatable bonds is 6. The van der Waals surface area contributed by atoms with Crippen molar-refractivity contribution in [2.45, 2.75) is 26.3 Å². The van der Waals surface area contributed by atoms with Crippen LogP contribution in [-0.2, 0) is 9.59 Å². The summed E-state index contributed by atoms with van der Waals surface area (Å²) < 4.78 is 0. The fourth-order valence-corrected chi connectivity index (χ4v) is 2.25. The summed E-state index contributed by atoms with van der Waals surface area (Å²) in [4.78, 5) is 26.6. The molecule has 1 aliphatic heterocycles. The third-order valence-electron chi connectivity index (χ3n) is 3.23. The molecule has 2 N–H and O–H groups in total. The summed E-state index contributed by atoms with van der Waals surface area (Å²) in [7, 11) is 0. The Bertz CT molecular complexity index is 290. The Balaban J connectivity index is 2.47. The zero-order chi connectivity index (χ0) is 13.5. The topological polar surface area (TPSA) is 72.9 Å². The lowest BCUT2D eigenvalue weighted by Gasteiger charge is -2.32. The van der Waals surface area contributed by atoms with Gasteiger partial charge in [-0.15, -0.1) is 0 Å². The molecule has 1 unspecified atom stereocenters. The Hall–Kier alpha value is -1.14. The van der Waals surface area contributed by atoms with Crippen LogP contribution in [0, 0.1) is 0 Å². The highest BCUT2D eigenvalue weighted by molar-refractivity contribution is 5.79. The van der Waals surface area contributed by atoms with Crippen molar-refractivity contribution < 1.29 is 14.7 Å². The highest BCUT2D eigenvalue weighted by atomic mass is 16.4. The minimum absolute atomic E-state index is 0.00113. The first-order valence-electron chi connectivity index (χ1n) is 6.49. The molecule has 1 fully saturated rings. The van der Waals surface area contributed by atoms with Crippen LogP contribution in [0.5, 0.6) is 0 Å². The molecule has 0 aromatic heterocycles. The number of hydrogen-bond donors (Lipinski definition) is 2. The molecule has 0 aliphatic carbocycles. The Morgan fingerprint density at radius 2 is 2.00 bits per heavy atom. The van der Waals surface area contributed by atoms with Crippen LogP contribution in [0.1, 0.15) is 20.3 Å². The van der Waals surface area contributed by atoms with Crippen LogP contribution in [0.3, 0.4) is 0 Å². The zero-order valence-electron chi connectivity index (χ0n) is 11.2. The van der Waals surface area contributed by atoms with E-state index in [0.717, 1.165) is 26.2 Å².